The van der Waals surface area contributed by atoms with E-state index in [2.05, 4.69) is 10.3 Å². The monoisotopic (exact) mass is 271 g/mol. The highest BCUT2D eigenvalue weighted by Crippen LogP contribution is 2.48. The predicted molar refractivity (Wildman–Crippen MR) is 82.8 cm³/mol. The average Bonchev–Trinajstić information content (AvgIpc) is 3.25. The van der Waals surface area contributed by atoms with Crippen molar-refractivity contribution in [2.24, 2.45) is 5.41 Å². The molecule has 0 atom stereocenters. The molecule has 0 radical (unpaired) electrons. The van der Waals surface area contributed by atoms with Crippen LogP contribution in [0.4, 0.5) is 11.4 Å². The van der Waals surface area contributed by atoms with Crippen LogP contribution in [0.3, 0.4) is 0 Å². The molecule has 0 spiro atoms. The summed E-state index contributed by atoms with van der Waals surface area (Å²) in [6, 6.07) is 7.91. The van der Waals surface area contributed by atoms with Crippen LogP contribution in [0, 0.1) is 5.41 Å². The van der Waals surface area contributed by atoms with Crippen molar-refractivity contribution in [1.82, 2.24) is 4.98 Å². The molecule has 1 heterocycles. The van der Waals surface area contributed by atoms with Crippen LogP contribution in [0.25, 0.3) is 10.9 Å². The molecule has 3 rings (SSSR count). The Labute approximate surface area is 119 Å². The van der Waals surface area contributed by atoms with Gasteiger partial charge in [0.2, 0.25) is 0 Å². The van der Waals surface area contributed by atoms with Gasteiger partial charge in [-0.15, -0.1) is 0 Å². The van der Waals surface area contributed by atoms with Crippen molar-refractivity contribution in [1.29, 1.82) is 0 Å². The molecule has 106 valence electrons. The summed E-state index contributed by atoms with van der Waals surface area (Å²) in [7, 11) is 1.76. The fourth-order valence-corrected chi connectivity index (χ4v) is 2.63. The summed E-state index contributed by atoms with van der Waals surface area (Å²) in [5, 5.41) is 4.57. The van der Waals surface area contributed by atoms with Gasteiger partial charge in [0.1, 0.15) is 0 Å². The number of nitrogen functional groups attached to an aromatic ring is 1. The first-order valence-electron chi connectivity index (χ1n) is 7.10. The second kappa shape index (κ2) is 5.29. The molecule has 1 aromatic carbocycles. The van der Waals surface area contributed by atoms with Crippen LogP contribution in [0.15, 0.2) is 30.5 Å². The lowest BCUT2D eigenvalue weighted by molar-refractivity contribution is 0.175. The Morgan fingerprint density at radius 1 is 1.35 bits per heavy atom. The number of nitrogens with two attached hydrogens (primary N) is 1. The first kappa shape index (κ1) is 13.2. The lowest BCUT2D eigenvalue weighted by Gasteiger charge is -2.17. The zero-order valence-corrected chi connectivity index (χ0v) is 11.9. The van der Waals surface area contributed by atoms with Gasteiger partial charge in [0.05, 0.1) is 11.2 Å². The number of fused-ring (bicyclic) bond motifs is 1. The molecular formula is C16H21N3O. The molecule has 1 saturated carbocycles. The summed E-state index contributed by atoms with van der Waals surface area (Å²) in [5.74, 6) is 0. The molecule has 20 heavy (non-hydrogen) atoms. The molecule has 1 aliphatic carbocycles. The maximum absolute atomic E-state index is 6.00. The highest BCUT2D eigenvalue weighted by Gasteiger charge is 2.41. The summed E-state index contributed by atoms with van der Waals surface area (Å²) in [5.41, 5.74) is 9.21. The number of hydrogen-bond donors (Lipinski definition) is 2. The lowest BCUT2D eigenvalue weighted by atomic mass is 10.0. The summed E-state index contributed by atoms with van der Waals surface area (Å²) >= 11 is 0. The number of methoxy groups -OCH3 is 1. The summed E-state index contributed by atoms with van der Waals surface area (Å²) in [6.45, 7) is 1.81. The topological polar surface area (TPSA) is 60.2 Å². The van der Waals surface area contributed by atoms with E-state index in [-0.39, 0.29) is 0 Å². The Bertz CT molecular complexity index is 608. The number of nitrogens with zero attached hydrogens (tertiary/aromatic N) is 1. The minimum absolute atomic E-state index is 0.415. The van der Waals surface area contributed by atoms with E-state index in [0.717, 1.165) is 41.9 Å². The Hall–Kier alpha value is -1.81. The Balaban J connectivity index is 1.77. The second-order valence-electron chi connectivity index (χ2n) is 5.70. The first-order chi connectivity index (χ1) is 9.74. The number of benzene rings is 1. The van der Waals surface area contributed by atoms with Gasteiger partial charge in [-0.3, -0.25) is 4.98 Å². The highest BCUT2D eigenvalue weighted by molar-refractivity contribution is 5.98. The molecule has 0 unspecified atom stereocenters. The predicted octanol–water partition coefficient (Wildman–Crippen LogP) is 3.05. The molecule has 2 aromatic rings. The summed E-state index contributed by atoms with van der Waals surface area (Å²) in [6.07, 6.45) is 5.50. The van der Waals surface area contributed by atoms with Gasteiger partial charge in [0.25, 0.3) is 0 Å². The summed E-state index contributed by atoms with van der Waals surface area (Å²) < 4.78 is 5.20. The third kappa shape index (κ3) is 2.56. The zero-order chi connectivity index (χ0) is 14.0. The van der Waals surface area contributed by atoms with Gasteiger partial charge < -0.3 is 15.8 Å². The Morgan fingerprint density at radius 2 is 2.20 bits per heavy atom. The fraction of sp³-hybridized carbons (Fsp3) is 0.438. The Morgan fingerprint density at radius 3 is 2.95 bits per heavy atom. The number of anilines is 2. The molecular weight excluding hydrogens is 250 g/mol. The number of nitrogens with one attached hydrogen (secondary N) is 1. The second-order valence-corrected chi connectivity index (χ2v) is 5.70. The van der Waals surface area contributed by atoms with Gasteiger partial charge in [0, 0.05) is 37.5 Å². The third-order valence-corrected chi connectivity index (χ3v) is 4.25. The van der Waals surface area contributed by atoms with E-state index >= 15 is 0 Å². The normalized spacial score (nSPS) is 16.2. The van der Waals surface area contributed by atoms with E-state index < -0.39 is 0 Å². The van der Waals surface area contributed by atoms with Gasteiger partial charge in [-0.25, -0.2) is 0 Å². The van der Waals surface area contributed by atoms with Crippen LogP contribution in [0.1, 0.15) is 19.3 Å². The standard InChI is InChI=1S/C16H21N3O/c1-20-10-8-16(6-7-16)11-19-14-5-4-13(17)12-3-2-9-18-15(12)14/h2-5,9,19H,6-8,10-11,17H2,1H3. The van der Waals surface area contributed by atoms with E-state index in [1.54, 1.807) is 7.11 Å². The largest absolute Gasteiger partial charge is 0.398 e. The minimum atomic E-state index is 0.415. The maximum Gasteiger partial charge on any atom is 0.0953 e. The van der Waals surface area contributed by atoms with E-state index in [9.17, 15) is 0 Å². The van der Waals surface area contributed by atoms with Gasteiger partial charge in [0.15, 0.2) is 0 Å². The average molecular weight is 271 g/mol. The molecule has 4 nitrogen and oxygen atoms in total. The lowest BCUT2D eigenvalue weighted by Crippen LogP contribution is -2.17. The van der Waals surface area contributed by atoms with Crippen molar-refractivity contribution in [3.63, 3.8) is 0 Å². The van der Waals surface area contributed by atoms with Gasteiger partial charge in [-0.1, -0.05) is 0 Å². The van der Waals surface area contributed by atoms with Crippen LogP contribution in [-0.2, 0) is 4.74 Å². The SMILES string of the molecule is COCCC1(CNc2ccc(N)c3cccnc23)CC1. The molecule has 0 amide bonds. The van der Waals surface area contributed by atoms with Crippen molar-refractivity contribution in [3.05, 3.63) is 30.5 Å². The molecule has 1 aliphatic rings. The zero-order valence-electron chi connectivity index (χ0n) is 11.9. The van der Waals surface area contributed by atoms with Crippen molar-refractivity contribution in [3.8, 4) is 0 Å². The molecule has 0 aliphatic heterocycles. The quantitative estimate of drug-likeness (QED) is 0.793. The maximum atomic E-state index is 6.00. The number of rotatable bonds is 6. The van der Waals surface area contributed by atoms with Crippen LogP contribution in [0.5, 0.6) is 0 Å². The van der Waals surface area contributed by atoms with E-state index in [1.807, 2.05) is 30.5 Å². The van der Waals surface area contributed by atoms with E-state index in [1.165, 1.54) is 12.8 Å². The van der Waals surface area contributed by atoms with E-state index in [4.69, 9.17) is 10.5 Å². The van der Waals surface area contributed by atoms with Crippen molar-refractivity contribution in [2.75, 3.05) is 31.3 Å². The van der Waals surface area contributed by atoms with Crippen LogP contribution in [0.2, 0.25) is 0 Å². The number of hydrogen-bond acceptors (Lipinski definition) is 4. The van der Waals surface area contributed by atoms with Crippen LogP contribution in [-0.4, -0.2) is 25.2 Å². The number of aromatic nitrogens is 1. The van der Waals surface area contributed by atoms with E-state index in [0.29, 0.717) is 5.41 Å². The van der Waals surface area contributed by atoms with Gasteiger partial charge in [-0.05, 0) is 48.9 Å². The Kier molecular flexibility index (Phi) is 3.49. The number of ether oxygens (including phenoxy) is 1. The molecule has 4 heteroatoms. The van der Waals surface area contributed by atoms with Crippen molar-refractivity contribution in [2.45, 2.75) is 19.3 Å². The smallest absolute Gasteiger partial charge is 0.0953 e. The number of pyridine rings is 1. The molecule has 3 N–H and O–H groups in total. The van der Waals surface area contributed by atoms with Crippen LogP contribution < -0.4 is 11.1 Å². The minimum Gasteiger partial charge on any atom is -0.398 e. The first-order valence-corrected chi connectivity index (χ1v) is 7.10. The molecule has 0 saturated heterocycles. The van der Waals surface area contributed by atoms with Crippen LogP contribution >= 0.6 is 0 Å². The van der Waals surface area contributed by atoms with Crippen molar-refractivity contribution >= 4 is 22.3 Å². The molecule has 1 fully saturated rings. The van der Waals surface area contributed by atoms with Gasteiger partial charge >= 0.3 is 0 Å². The highest BCUT2D eigenvalue weighted by atomic mass is 16.5. The molecule has 1 aromatic heterocycles. The fourth-order valence-electron chi connectivity index (χ4n) is 2.63. The summed E-state index contributed by atoms with van der Waals surface area (Å²) in [4.78, 5) is 4.46. The third-order valence-electron chi connectivity index (χ3n) is 4.25. The van der Waals surface area contributed by atoms with Gasteiger partial charge in [-0.2, -0.15) is 0 Å². The molecule has 0 bridgehead atoms. The van der Waals surface area contributed by atoms with Crippen molar-refractivity contribution < 1.29 is 4.74 Å².